The lowest BCUT2D eigenvalue weighted by atomic mass is 10.2. The van der Waals surface area contributed by atoms with Gasteiger partial charge in [0.15, 0.2) is 5.16 Å². The van der Waals surface area contributed by atoms with Crippen LogP contribution < -0.4 is 5.56 Å². The fourth-order valence-electron chi connectivity index (χ4n) is 1.86. The first-order valence-corrected chi connectivity index (χ1v) is 7.61. The minimum absolute atomic E-state index is 0.0531. The van der Waals surface area contributed by atoms with Crippen molar-refractivity contribution in [3.8, 4) is 0 Å². The molecule has 2 aromatic heterocycles. The number of aromatic nitrogens is 3. The van der Waals surface area contributed by atoms with E-state index in [0.717, 1.165) is 11.1 Å². The number of thioether (sulfide) groups is 1. The molecule has 0 bridgehead atoms. The highest BCUT2D eigenvalue weighted by Gasteiger charge is 2.14. The van der Waals surface area contributed by atoms with Crippen molar-refractivity contribution in [2.45, 2.75) is 32.0 Å². The van der Waals surface area contributed by atoms with Crippen molar-refractivity contribution in [2.24, 2.45) is 0 Å². The lowest BCUT2D eigenvalue weighted by Gasteiger charge is -2.15. The smallest absolute Gasteiger partial charge is 0.266 e. The molecule has 0 aromatic carbocycles. The Morgan fingerprint density at radius 1 is 1.39 bits per heavy atom. The average molecular weight is 328 g/mol. The number of fused-ring (bicyclic) bond motifs is 1. The van der Waals surface area contributed by atoms with E-state index in [1.54, 1.807) is 10.6 Å². The average Bonchev–Trinajstić information content (AvgIpc) is 2.31. The first-order chi connectivity index (χ1) is 8.45. The molecule has 18 heavy (non-hydrogen) atoms. The van der Waals surface area contributed by atoms with Crippen LogP contribution in [0, 0.1) is 6.92 Å². The predicted octanol–water partition coefficient (Wildman–Crippen LogP) is 3.17. The van der Waals surface area contributed by atoms with Crippen LogP contribution in [0.3, 0.4) is 0 Å². The van der Waals surface area contributed by atoms with E-state index in [2.05, 4.69) is 25.9 Å². The number of hydrogen-bond donors (Lipinski definition) is 0. The molecule has 4 nitrogen and oxygen atoms in total. The number of pyridine rings is 1. The molecule has 0 aliphatic carbocycles. The van der Waals surface area contributed by atoms with Gasteiger partial charge in [0, 0.05) is 11.4 Å². The number of aryl methyl sites for hydroxylation is 1. The Morgan fingerprint density at radius 2 is 2.06 bits per heavy atom. The highest BCUT2D eigenvalue weighted by molar-refractivity contribution is 9.10. The van der Waals surface area contributed by atoms with Crippen LogP contribution in [0.2, 0.25) is 0 Å². The number of hydrogen-bond acceptors (Lipinski definition) is 4. The minimum Gasteiger partial charge on any atom is -0.289 e. The topological polar surface area (TPSA) is 47.8 Å². The van der Waals surface area contributed by atoms with Gasteiger partial charge >= 0.3 is 0 Å². The molecule has 2 rings (SSSR count). The lowest BCUT2D eigenvalue weighted by Crippen LogP contribution is -2.24. The fraction of sp³-hybridized carbons (Fsp3) is 0.417. The Morgan fingerprint density at radius 3 is 2.61 bits per heavy atom. The summed E-state index contributed by atoms with van der Waals surface area (Å²) >= 11 is 4.79. The zero-order valence-electron chi connectivity index (χ0n) is 10.7. The Balaban J connectivity index is 2.98. The quantitative estimate of drug-likeness (QED) is 0.628. The molecule has 0 amide bonds. The summed E-state index contributed by atoms with van der Waals surface area (Å²) in [5.41, 5.74) is 1.54. The van der Waals surface area contributed by atoms with Gasteiger partial charge in [-0.2, -0.15) is 0 Å². The van der Waals surface area contributed by atoms with Crippen LogP contribution in [0.1, 0.15) is 25.6 Å². The highest BCUT2D eigenvalue weighted by Crippen LogP contribution is 2.22. The molecule has 0 atom stereocenters. The molecule has 0 radical (unpaired) electrons. The molecule has 0 unspecified atom stereocenters. The second-order valence-corrected chi connectivity index (χ2v) is 5.92. The third kappa shape index (κ3) is 2.19. The molecular formula is C12H14BrN3OS. The summed E-state index contributed by atoms with van der Waals surface area (Å²) in [6, 6.07) is 1.86. The summed E-state index contributed by atoms with van der Waals surface area (Å²) in [7, 11) is 0. The van der Waals surface area contributed by atoms with E-state index in [1.807, 2.05) is 27.0 Å². The van der Waals surface area contributed by atoms with Crippen LogP contribution >= 0.6 is 27.7 Å². The predicted molar refractivity (Wildman–Crippen MR) is 78.4 cm³/mol. The van der Waals surface area contributed by atoms with E-state index in [-0.39, 0.29) is 11.6 Å². The molecule has 0 saturated carbocycles. The van der Waals surface area contributed by atoms with Gasteiger partial charge in [-0.1, -0.05) is 11.8 Å². The van der Waals surface area contributed by atoms with Crippen molar-refractivity contribution in [1.82, 2.24) is 14.5 Å². The summed E-state index contributed by atoms with van der Waals surface area (Å²) in [6.45, 7) is 5.89. The highest BCUT2D eigenvalue weighted by atomic mass is 79.9. The third-order valence-corrected chi connectivity index (χ3v) is 3.83. The summed E-state index contributed by atoms with van der Waals surface area (Å²) in [5.74, 6) is 0. The third-order valence-electron chi connectivity index (χ3n) is 2.72. The number of halogens is 1. The second kappa shape index (κ2) is 5.01. The Hall–Kier alpha value is -0.880. The van der Waals surface area contributed by atoms with E-state index in [4.69, 9.17) is 0 Å². The van der Waals surface area contributed by atoms with E-state index in [1.165, 1.54) is 11.8 Å². The van der Waals surface area contributed by atoms with Crippen molar-refractivity contribution in [1.29, 1.82) is 0 Å². The molecule has 2 heterocycles. The normalized spacial score (nSPS) is 11.4. The monoisotopic (exact) mass is 327 g/mol. The Kier molecular flexibility index (Phi) is 3.77. The molecule has 96 valence electrons. The summed E-state index contributed by atoms with van der Waals surface area (Å²) < 4.78 is 2.25. The van der Waals surface area contributed by atoms with Crippen molar-refractivity contribution >= 4 is 38.7 Å². The van der Waals surface area contributed by atoms with E-state index >= 15 is 0 Å². The fourth-order valence-corrected chi connectivity index (χ4v) is 2.69. The maximum atomic E-state index is 12.2. The first-order valence-electron chi connectivity index (χ1n) is 5.59. The zero-order chi connectivity index (χ0) is 13.4. The van der Waals surface area contributed by atoms with Gasteiger partial charge in [-0.25, -0.2) is 9.97 Å². The lowest BCUT2D eigenvalue weighted by molar-refractivity contribution is 0.590. The van der Waals surface area contributed by atoms with E-state index in [9.17, 15) is 4.79 Å². The molecule has 0 aliphatic rings. The number of nitrogens with zero attached hydrogens (tertiary/aromatic N) is 3. The molecule has 6 heteroatoms. The molecule has 0 aliphatic heterocycles. The van der Waals surface area contributed by atoms with Crippen molar-refractivity contribution in [3.63, 3.8) is 0 Å². The standard InChI is InChI=1S/C12H14BrN3OS/c1-6(2)16-10-8(5-9(13)11(16)17)7(3)14-12(15-10)18-4/h5-6H,1-4H3. The van der Waals surface area contributed by atoms with Crippen LogP contribution in [0.15, 0.2) is 20.5 Å². The minimum atomic E-state index is -0.0531. The molecule has 2 aromatic rings. The first kappa shape index (κ1) is 13.5. The van der Waals surface area contributed by atoms with Gasteiger partial charge in [-0.05, 0) is 49.0 Å². The van der Waals surface area contributed by atoms with Crippen LogP contribution in [0.25, 0.3) is 11.0 Å². The maximum Gasteiger partial charge on any atom is 0.266 e. The Bertz CT molecular complexity index is 666. The van der Waals surface area contributed by atoms with Crippen molar-refractivity contribution in [2.75, 3.05) is 6.26 Å². The SMILES string of the molecule is CSc1nc(C)c2cc(Br)c(=O)n(C(C)C)c2n1. The number of rotatable bonds is 2. The molecule has 0 fully saturated rings. The van der Waals surface area contributed by atoms with Gasteiger partial charge in [0.2, 0.25) is 0 Å². The van der Waals surface area contributed by atoms with Gasteiger partial charge in [-0.15, -0.1) is 0 Å². The maximum absolute atomic E-state index is 12.2. The molecule has 0 saturated heterocycles. The van der Waals surface area contributed by atoms with Gasteiger partial charge in [0.25, 0.3) is 5.56 Å². The van der Waals surface area contributed by atoms with Crippen LogP contribution in [0.4, 0.5) is 0 Å². The molecule has 0 N–H and O–H groups in total. The molecule has 0 spiro atoms. The van der Waals surface area contributed by atoms with Crippen molar-refractivity contribution in [3.05, 3.63) is 26.6 Å². The van der Waals surface area contributed by atoms with Gasteiger partial charge in [0.1, 0.15) is 5.65 Å². The summed E-state index contributed by atoms with van der Waals surface area (Å²) in [4.78, 5) is 21.1. The van der Waals surface area contributed by atoms with Gasteiger partial charge in [-0.3, -0.25) is 9.36 Å². The zero-order valence-corrected chi connectivity index (χ0v) is 13.1. The molecular weight excluding hydrogens is 314 g/mol. The second-order valence-electron chi connectivity index (χ2n) is 4.29. The van der Waals surface area contributed by atoms with E-state index in [0.29, 0.717) is 15.3 Å². The van der Waals surface area contributed by atoms with Crippen LogP contribution in [0.5, 0.6) is 0 Å². The summed E-state index contributed by atoms with van der Waals surface area (Å²) in [5, 5.41) is 1.60. The largest absolute Gasteiger partial charge is 0.289 e. The van der Waals surface area contributed by atoms with Crippen molar-refractivity contribution < 1.29 is 0 Å². The van der Waals surface area contributed by atoms with Gasteiger partial charge in [0.05, 0.1) is 10.2 Å². The Labute approximate surface area is 118 Å². The van der Waals surface area contributed by atoms with Crippen LogP contribution in [-0.2, 0) is 0 Å². The van der Waals surface area contributed by atoms with E-state index < -0.39 is 0 Å². The van der Waals surface area contributed by atoms with Gasteiger partial charge < -0.3 is 0 Å². The summed E-state index contributed by atoms with van der Waals surface area (Å²) in [6.07, 6.45) is 1.93. The van der Waals surface area contributed by atoms with Crippen LogP contribution in [-0.4, -0.2) is 20.8 Å².